The van der Waals surface area contributed by atoms with Crippen LogP contribution >= 0.6 is 11.3 Å². The molecule has 1 saturated heterocycles. The molecule has 0 spiro atoms. The molecule has 1 fully saturated rings. The molecule has 0 atom stereocenters. The molecule has 1 aromatic carbocycles. The number of carbonyl (C=O) groups excluding carboxylic acids is 1. The molecule has 3 heterocycles. The minimum Gasteiger partial charge on any atom is -0.297 e. The number of aromatic nitrogens is 2. The van der Waals surface area contributed by atoms with Gasteiger partial charge in [0.05, 0.1) is 12.2 Å². The highest BCUT2D eigenvalue weighted by Crippen LogP contribution is 2.24. The Morgan fingerprint density at radius 3 is 2.38 bits per heavy atom. The van der Waals surface area contributed by atoms with Crippen LogP contribution in [0.4, 0.5) is 0 Å². The average molecular weight is 409 g/mol. The number of benzene rings is 1. The van der Waals surface area contributed by atoms with Crippen LogP contribution < -0.4 is 0 Å². The van der Waals surface area contributed by atoms with Crippen LogP contribution in [0, 0.1) is 20.8 Å². The largest absolute Gasteiger partial charge is 0.297 e. The lowest BCUT2D eigenvalue weighted by atomic mass is 10.1. The van der Waals surface area contributed by atoms with Crippen molar-refractivity contribution in [1.29, 1.82) is 0 Å². The van der Waals surface area contributed by atoms with Crippen molar-refractivity contribution in [1.82, 2.24) is 19.4 Å². The molecule has 1 aliphatic heterocycles. The van der Waals surface area contributed by atoms with Gasteiger partial charge < -0.3 is 0 Å². The molecule has 2 aromatic heterocycles. The van der Waals surface area contributed by atoms with E-state index in [0.29, 0.717) is 6.54 Å². The van der Waals surface area contributed by atoms with Crippen molar-refractivity contribution in [2.75, 3.05) is 32.7 Å². The van der Waals surface area contributed by atoms with E-state index < -0.39 is 0 Å². The summed E-state index contributed by atoms with van der Waals surface area (Å²) in [6, 6.07) is 12.6. The summed E-state index contributed by atoms with van der Waals surface area (Å²) in [6.45, 7) is 11.4. The third kappa shape index (κ3) is 4.50. The summed E-state index contributed by atoms with van der Waals surface area (Å²) in [5.41, 5.74) is 5.24. The van der Waals surface area contributed by atoms with Gasteiger partial charge in [-0.25, -0.2) is 4.98 Å². The zero-order chi connectivity index (χ0) is 20.4. The molecule has 0 radical (unpaired) electrons. The Labute approximate surface area is 176 Å². The maximum absolute atomic E-state index is 13.0. The summed E-state index contributed by atoms with van der Waals surface area (Å²) in [4.78, 5) is 22.4. The molecule has 0 N–H and O–H groups in total. The van der Waals surface area contributed by atoms with E-state index in [2.05, 4.69) is 49.7 Å². The van der Waals surface area contributed by atoms with Gasteiger partial charge in [0, 0.05) is 55.1 Å². The summed E-state index contributed by atoms with van der Waals surface area (Å²) < 4.78 is 2.10. The van der Waals surface area contributed by atoms with Crippen molar-refractivity contribution in [3.8, 4) is 5.13 Å². The molecular weight excluding hydrogens is 380 g/mol. The molecule has 0 amide bonds. The molecular formula is C23H28N4OS. The molecule has 29 heavy (non-hydrogen) atoms. The summed E-state index contributed by atoms with van der Waals surface area (Å²) >= 11 is 1.62. The Morgan fingerprint density at radius 1 is 1.03 bits per heavy atom. The number of carbonyl (C=O) groups is 1. The first-order valence-corrected chi connectivity index (χ1v) is 11.0. The molecule has 3 aromatic rings. The lowest BCUT2D eigenvalue weighted by Gasteiger charge is -2.34. The number of hydrogen-bond acceptors (Lipinski definition) is 5. The van der Waals surface area contributed by atoms with E-state index in [1.165, 1.54) is 5.56 Å². The first-order valence-electron chi connectivity index (χ1n) is 10.1. The Bertz CT molecular complexity index is 984. The summed E-state index contributed by atoms with van der Waals surface area (Å²) in [6.07, 6.45) is 0. The van der Waals surface area contributed by atoms with Crippen molar-refractivity contribution in [2.45, 2.75) is 27.3 Å². The molecule has 4 rings (SSSR count). The zero-order valence-corrected chi connectivity index (χ0v) is 18.2. The molecule has 1 aliphatic rings. The van der Waals surface area contributed by atoms with E-state index in [0.717, 1.165) is 60.5 Å². The fraction of sp³-hybridized carbons (Fsp3) is 0.391. The second-order valence-corrected chi connectivity index (χ2v) is 8.69. The van der Waals surface area contributed by atoms with Crippen LogP contribution in [0.1, 0.15) is 33.0 Å². The van der Waals surface area contributed by atoms with Crippen LogP contribution in [0.15, 0.2) is 41.8 Å². The van der Waals surface area contributed by atoms with Crippen LogP contribution in [0.2, 0.25) is 0 Å². The molecule has 0 unspecified atom stereocenters. The van der Waals surface area contributed by atoms with Crippen molar-refractivity contribution in [3.05, 3.63) is 70.0 Å². The van der Waals surface area contributed by atoms with E-state index in [-0.39, 0.29) is 5.78 Å². The Hall–Kier alpha value is -2.28. The van der Waals surface area contributed by atoms with Gasteiger partial charge in [-0.05, 0) is 32.4 Å². The molecule has 5 nitrogen and oxygen atoms in total. The number of ketones is 1. The van der Waals surface area contributed by atoms with Crippen LogP contribution in [0.3, 0.4) is 0 Å². The predicted octanol–water partition coefficient (Wildman–Crippen LogP) is 3.86. The Kier molecular flexibility index (Phi) is 5.94. The SMILES string of the molecule is Cc1csc(-n2c(C)cc(C(=O)CN3CCN(Cc4ccccc4)CC3)c2C)n1. The van der Waals surface area contributed by atoms with Crippen LogP contribution in [-0.4, -0.2) is 57.9 Å². The van der Waals surface area contributed by atoms with Gasteiger partial charge >= 0.3 is 0 Å². The minimum absolute atomic E-state index is 0.203. The smallest absolute Gasteiger partial charge is 0.194 e. The van der Waals surface area contributed by atoms with Crippen LogP contribution in [0.5, 0.6) is 0 Å². The quantitative estimate of drug-likeness (QED) is 0.581. The standard InChI is InChI=1S/C23H28N4OS/c1-17-16-29-23(24-17)27-18(2)13-21(19(27)3)22(28)15-26-11-9-25(10-12-26)14-20-7-5-4-6-8-20/h4-8,13,16H,9-12,14-15H2,1-3H3. The van der Waals surface area contributed by atoms with Crippen molar-refractivity contribution in [3.63, 3.8) is 0 Å². The van der Waals surface area contributed by atoms with Gasteiger partial charge in [-0.1, -0.05) is 30.3 Å². The maximum atomic E-state index is 13.0. The number of aryl methyl sites for hydroxylation is 2. The molecule has 0 bridgehead atoms. The number of nitrogens with zero attached hydrogens (tertiary/aromatic N) is 4. The number of thiazole rings is 1. The Balaban J connectivity index is 1.37. The van der Waals surface area contributed by atoms with E-state index in [1.807, 2.05) is 32.2 Å². The minimum atomic E-state index is 0.203. The zero-order valence-electron chi connectivity index (χ0n) is 17.4. The normalized spacial score (nSPS) is 15.7. The number of Topliss-reactive ketones (excluding diaryl/α,β-unsaturated/α-hetero) is 1. The molecule has 152 valence electrons. The lowest BCUT2D eigenvalue weighted by molar-refractivity contribution is 0.0843. The van der Waals surface area contributed by atoms with Gasteiger partial charge in [-0.3, -0.25) is 19.2 Å². The van der Waals surface area contributed by atoms with Gasteiger partial charge in [0.25, 0.3) is 0 Å². The van der Waals surface area contributed by atoms with Crippen molar-refractivity contribution < 1.29 is 4.79 Å². The van der Waals surface area contributed by atoms with Crippen molar-refractivity contribution >= 4 is 17.1 Å². The molecule has 0 aliphatic carbocycles. The van der Waals surface area contributed by atoms with Gasteiger partial charge in [0.15, 0.2) is 10.9 Å². The monoisotopic (exact) mass is 408 g/mol. The molecule has 6 heteroatoms. The first kappa shape index (κ1) is 20.0. The van der Waals surface area contributed by atoms with E-state index >= 15 is 0 Å². The fourth-order valence-electron chi connectivity index (χ4n) is 4.02. The van der Waals surface area contributed by atoms with Gasteiger partial charge in [-0.2, -0.15) is 0 Å². The topological polar surface area (TPSA) is 41.4 Å². The molecule has 0 saturated carbocycles. The third-order valence-corrected chi connectivity index (χ3v) is 6.55. The second kappa shape index (κ2) is 8.61. The highest BCUT2D eigenvalue weighted by atomic mass is 32.1. The van der Waals surface area contributed by atoms with E-state index in [9.17, 15) is 4.79 Å². The summed E-state index contributed by atoms with van der Waals surface area (Å²) in [7, 11) is 0. The maximum Gasteiger partial charge on any atom is 0.194 e. The number of hydrogen-bond donors (Lipinski definition) is 0. The summed E-state index contributed by atoms with van der Waals surface area (Å²) in [5, 5.41) is 2.98. The first-order chi connectivity index (χ1) is 14.0. The Morgan fingerprint density at radius 2 is 1.72 bits per heavy atom. The highest BCUT2D eigenvalue weighted by Gasteiger charge is 2.23. The summed E-state index contributed by atoms with van der Waals surface area (Å²) in [5.74, 6) is 0.203. The highest BCUT2D eigenvalue weighted by molar-refractivity contribution is 7.12. The van der Waals surface area contributed by atoms with Crippen molar-refractivity contribution in [2.24, 2.45) is 0 Å². The number of rotatable bonds is 6. The fourth-order valence-corrected chi connectivity index (χ4v) is 4.93. The predicted molar refractivity (Wildman–Crippen MR) is 118 cm³/mol. The van der Waals surface area contributed by atoms with Gasteiger partial charge in [0.2, 0.25) is 0 Å². The third-order valence-electron chi connectivity index (χ3n) is 5.61. The van der Waals surface area contributed by atoms with Gasteiger partial charge in [0.1, 0.15) is 0 Å². The van der Waals surface area contributed by atoms with Gasteiger partial charge in [-0.15, -0.1) is 11.3 Å². The van der Waals surface area contributed by atoms with E-state index in [1.54, 1.807) is 11.3 Å². The lowest BCUT2D eigenvalue weighted by Crippen LogP contribution is -2.47. The average Bonchev–Trinajstić information content (AvgIpc) is 3.26. The number of piperazine rings is 1. The van der Waals surface area contributed by atoms with Crippen LogP contribution in [-0.2, 0) is 6.54 Å². The van der Waals surface area contributed by atoms with E-state index in [4.69, 9.17) is 0 Å². The second-order valence-electron chi connectivity index (χ2n) is 7.85. The van der Waals surface area contributed by atoms with Crippen LogP contribution in [0.25, 0.3) is 5.13 Å².